The second-order valence-electron chi connectivity index (χ2n) is 7.52. The van der Waals surface area contributed by atoms with E-state index in [0.29, 0.717) is 24.5 Å². The number of carbonyl (C=O) groups excluding carboxylic acids is 2. The molecule has 3 rings (SSSR count). The fourth-order valence-electron chi connectivity index (χ4n) is 3.99. The van der Waals surface area contributed by atoms with E-state index in [-0.39, 0.29) is 11.8 Å². The van der Waals surface area contributed by atoms with Crippen molar-refractivity contribution in [1.82, 2.24) is 19.6 Å². The highest BCUT2D eigenvalue weighted by atomic mass is 16.2. The SMILES string of the molecule is CC(=O)N1CCN([C@H]2CN(CC(=O)N(C)C3CC3)C[C@@H]2C)CC1. The molecule has 0 aromatic rings. The largest absolute Gasteiger partial charge is 0.342 e. The van der Waals surface area contributed by atoms with Crippen molar-refractivity contribution in [2.45, 2.75) is 38.8 Å². The lowest BCUT2D eigenvalue weighted by atomic mass is 10.0. The van der Waals surface area contributed by atoms with E-state index >= 15 is 0 Å². The first-order valence-corrected chi connectivity index (χ1v) is 8.93. The quantitative estimate of drug-likeness (QED) is 0.736. The van der Waals surface area contributed by atoms with Crippen LogP contribution in [-0.2, 0) is 9.59 Å². The maximum Gasteiger partial charge on any atom is 0.236 e. The first kappa shape index (κ1) is 16.7. The van der Waals surface area contributed by atoms with Gasteiger partial charge in [-0.05, 0) is 18.8 Å². The van der Waals surface area contributed by atoms with Crippen LogP contribution in [-0.4, -0.2) is 96.4 Å². The molecule has 0 unspecified atom stereocenters. The predicted octanol–water partition coefficient (Wildman–Crippen LogP) is 0.0916. The van der Waals surface area contributed by atoms with Crippen molar-refractivity contribution in [2.75, 3.05) is 52.9 Å². The van der Waals surface area contributed by atoms with Crippen LogP contribution in [0.25, 0.3) is 0 Å². The number of nitrogens with zero attached hydrogens (tertiary/aromatic N) is 4. The fourth-order valence-corrected chi connectivity index (χ4v) is 3.99. The summed E-state index contributed by atoms with van der Waals surface area (Å²) in [5.74, 6) is 1.03. The van der Waals surface area contributed by atoms with Gasteiger partial charge in [-0.25, -0.2) is 0 Å². The second-order valence-corrected chi connectivity index (χ2v) is 7.52. The lowest BCUT2D eigenvalue weighted by molar-refractivity contribution is -0.132. The van der Waals surface area contributed by atoms with Gasteiger partial charge in [0.05, 0.1) is 6.54 Å². The Morgan fingerprint density at radius 1 is 1.09 bits per heavy atom. The van der Waals surface area contributed by atoms with Gasteiger partial charge in [0.1, 0.15) is 0 Å². The van der Waals surface area contributed by atoms with E-state index in [1.54, 1.807) is 6.92 Å². The Hall–Kier alpha value is -1.14. The van der Waals surface area contributed by atoms with Gasteiger partial charge in [-0.1, -0.05) is 6.92 Å². The fraction of sp³-hybridized carbons (Fsp3) is 0.882. The number of rotatable bonds is 4. The first-order chi connectivity index (χ1) is 11.0. The van der Waals surface area contributed by atoms with Gasteiger partial charge in [0, 0.05) is 65.3 Å². The summed E-state index contributed by atoms with van der Waals surface area (Å²) in [6, 6.07) is 1.01. The van der Waals surface area contributed by atoms with E-state index in [9.17, 15) is 9.59 Å². The summed E-state index contributed by atoms with van der Waals surface area (Å²) in [4.78, 5) is 32.5. The number of likely N-dealkylation sites (tertiary alicyclic amines) is 1. The monoisotopic (exact) mass is 322 g/mol. The minimum Gasteiger partial charge on any atom is -0.342 e. The van der Waals surface area contributed by atoms with Gasteiger partial charge in [0.2, 0.25) is 11.8 Å². The van der Waals surface area contributed by atoms with Crippen LogP contribution in [0.1, 0.15) is 26.7 Å². The lowest BCUT2D eigenvalue weighted by Gasteiger charge is -2.39. The molecule has 6 heteroatoms. The van der Waals surface area contributed by atoms with Gasteiger partial charge >= 0.3 is 0 Å². The standard InChI is InChI=1S/C17H30N4O2/c1-13-10-19(12-17(23)18(3)15-4-5-15)11-16(13)21-8-6-20(7-9-21)14(2)22/h13,15-16H,4-12H2,1-3H3/t13-,16-/m0/s1. The van der Waals surface area contributed by atoms with Crippen molar-refractivity contribution in [2.24, 2.45) is 5.92 Å². The van der Waals surface area contributed by atoms with E-state index in [0.717, 1.165) is 39.3 Å². The van der Waals surface area contributed by atoms with Crippen LogP contribution in [0, 0.1) is 5.92 Å². The van der Waals surface area contributed by atoms with Crippen molar-refractivity contribution in [3.63, 3.8) is 0 Å². The lowest BCUT2D eigenvalue weighted by Crippen LogP contribution is -2.53. The molecular formula is C17H30N4O2. The van der Waals surface area contributed by atoms with Crippen molar-refractivity contribution in [1.29, 1.82) is 0 Å². The molecule has 2 aliphatic heterocycles. The number of likely N-dealkylation sites (N-methyl/N-ethyl adjacent to an activating group) is 1. The molecule has 23 heavy (non-hydrogen) atoms. The molecule has 3 aliphatic rings. The zero-order chi connectivity index (χ0) is 16.6. The number of hydrogen-bond acceptors (Lipinski definition) is 4. The van der Waals surface area contributed by atoms with E-state index in [1.165, 1.54) is 12.8 Å². The highest BCUT2D eigenvalue weighted by Crippen LogP contribution is 2.27. The number of hydrogen-bond donors (Lipinski definition) is 0. The summed E-state index contributed by atoms with van der Waals surface area (Å²) in [7, 11) is 1.94. The van der Waals surface area contributed by atoms with Gasteiger partial charge in [0.15, 0.2) is 0 Å². The van der Waals surface area contributed by atoms with Gasteiger partial charge in [0.25, 0.3) is 0 Å². The van der Waals surface area contributed by atoms with Crippen molar-refractivity contribution >= 4 is 11.8 Å². The molecule has 0 aromatic carbocycles. The van der Waals surface area contributed by atoms with E-state index in [2.05, 4.69) is 16.7 Å². The maximum atomic E-state index is 12.3. The Morgan fingerprint density at radius 2 is 1.74 bits per heavy atom. The summed E-state index contributed by atoms with van der Waals surface area (Å²) in [6.45, 7) is 10.1. The summed E-state index contributed by atoms with van der Waals surface area (Å²) < 4.78 is 0. The zero-order valence-corrected chi connectivity index (χ0v) is 14.7. The summed E-state index contributed by atoms with van der Waals surface area (Å²) >= 11 is 0. The van der Waals surface area contributed by atoms with Crippen LogP contribution < -0.4 is 0 Å². The molecule has 3 fully saturated rings. The van der Waals surface area contributed by atoms with Crippen LogP contribution >= 0.6 is 0 Å². The number of carbonyl (C=O) groups is 2. The van der Waals surface area contributed by atoms with Crippen LogP contribution in [0.5, 0.6) is 0 Å². The normalized spacial score (nSPS) is 29.8. The number of piperazine rings is 1. The van der Waals surface area contributed by atoms with Crippen molar-refractivity contribution in [3.8, 4) is 0 Å². The Kier molecular flexibility index (Phi) is 4.92. The Morgan fingerprint density at radius 3 is 2.30 bits per heavy atom. The highest BCUT2D eigenvalue weighted by Gasteiger charge is 2.37. The van der Waals surface area contributed by atoms with Crippen LogP contribution in [0.2, 0.25) is 0 Å². The molecule has 0 aromatic heterocycles. The van der Waals surface area contributed by atoms with Crippen molar-refractivity contribution < 1.29 is 9.59 Å². The van der Waals surface area contributed by atoms with E-state index < -0.39 is 0 Å². The molecular weight excluding hydrogens is 292 g/mol. The molecule has 130 valence electrons. The summed E-state index contributed by atoms with van der Waals surface area (Å²) in [6.07, 6.45) is 2.34. The van der Waals surface area contributed by atoms with Gasteiger partial charge in [-0.3, -0.25) is 19.4 Å². The van der Waals surface area contributed by atoms with Crippen LogP contribution in [0.3, 0.4) is 0 Å². The zero-order valence-electron chi connectivity index (χ0n) is 14.7. The summed E-state index contributed by atoms with van der Waals surface area (Å²) in [5, 5.41) is 0. The molecule has 0 N–H and O–H groups in total. The average molecular weight is 322 g/mol. The average Bonchev–Trinajstić information content (AvgIpc) is 3.30. The third kappa shape index (κ3) is 3.86. The first-order valence-electron chi connectivity index (χ1n) is 8.93. The third-order valence-electron chi connectivity index (χ3n) is 5.72. The van der Waals surface area contributed by atoms with E-state index in [1.807, 2.05) is 16.8 Å². The molecule has 2 heterocycles. The number of amides is 2. The van der Waals surface area contributed by atoms with Gasteiger partial charge in [-0.2, -0.15) is 0 Å². The van der Waals surface area contributed by atoms with Crippen LogP contribution in [0.4, 0.5) is 0 Å². The second kappa shape index (κ2) is 6.77. The maximum absolute atomic E-state index is 12.3. The molecule has 0 radical (unpaired) electrons. The molecule has 1 saturated carbocycles. The van der Waals surface area contributed by atoms with E-state index in [4.69, 9.17) is 0 Å². The topological polar surface area (TPSA) is 47.1 Å². The van der Waals surface area contributed by atoms with Gasteiger partial charge in [-0.15, -0.1) is 0 Å². The Labute approximate surface area is 139 Å². The minimum absolute atomic E-state index is 0.180. The minimum atomic E-state index is 0.180. The summed E-state index contributed by atoms with van der Waals surface area (Å²) in [5.41, 5.74) is 0. The molecule has 6 nitrogen and oxygen atoms in total. The molecule has 0 bridgehead atoms. The molecule has 1 aliphatic carbocycles. The van der Waals surface area contributed by atoms with Crippen molar-refractivity contribution in [3.05, 3.63) is 0 Å². The van der Waals surface area contributed by atoms with Crippen LogP contribution in [0.15, 0.2) is 0 Å². The third-order valence-corrected chi connectivity index (χ3v) is 5.72. The molecule has 2 saturated heterocycles. The molecule has 0 spiro atoms. The highest BCUT2D eigenvalue weighted by molar-refractivity contribution is 5.78. The smallest absolute Gasteiger partial charge is 0.236 e. The Balaban J connectivity index is 1.48. The Bertz CT molecular complexity index is 458. The molecule has 2 atom stereocenters. The molecule has 2 amide bonds. The predicted molar refractivity (Wildman–Crippen MR) is 89.0 cm³/mol. The van der Waals surface area contributed by atoms with Gasteiger partial charge < -0.3 is 9.80 Å².